The molecule has 3 rings (SSSR count). The molecule has 0 unspecified atom stereocenters. The van der Waals surface area contributed by atoms with E-state index in [0.717, 1.165) is 5.56 Å². The van der Waals surface area contributed by atoms with Crippen LogP contribution in [0.1, 0.15) is 15.9 Å². The van der Waals surface area contributed by atoms with Crippen molar-refractivity contribution in [3.8, 4) is 11.5 Å². The Kier molecular flexibility index (Phi) is 8.32. The average Bonchev–Trinajstić information content (AvgIpc) is 2.78. The lowest BCUT2D eigenvalue weighted by Crippen LogP contribution is -2.44. The lowest BCUT2D eigenvalue weighted by Gasteiger charge is -2.13. The summed E-state index contributed by atoms with van der Waals surface area (Å²) in [6.07, 6.45) is 0.713. The summed E-state index contributed by atoms with van der Waals surface area (Å²) >= 11 is 9.18. The minimum atomic E-state index is -0.516. The van der Waals surface area contributed by atoms with Crippen molar-refractivity contribution in [1.29, 1.82) is 0 Å². The van der Waals surface area contributed by atoms with E-state index in [0.29, 0.717) is 39.6 Å². The molecular weight excluding hydrogens is 484 g/mol. The molecule has 2 N–H and O–H groups in total. The summed E-state index contributed by atoms with van der Waals surface area (Å²) in [6, 6.07) is 21.7. The Balaban J connectivity index is 1.49. The Hall–Kier alpha value is -3.03. The summed E-state index contributed by atoms with van der Waals surface area (Å²) in [5.41, 5.74) is 6.17. The normalized spacial score (nSPS) is 10.3. The van der Waals surface area contributed by atoms with Crippen LogP contribution < -0.4 is 20.3 Å². The standard InChI is InChI=1S/C23H20BrClN2O4/c24-19-14-17(25)10-11-21(19)31-15-22(28)26-27-23(29)18-8-4-5-9-20(18)30-13-12-16-6-2-1-3-7-16/h1-11,14H,12-13,15H2,(H,26,28)(H,27,29). The first-order valence-corrected chi connectivity index (χ1v) is 10.6. The van der Waals surface area contributed by atoms with Gasteiger partial charge >= 0.3 is 0 Å². The first kappa shape index (κ1) is 22.7. The van der Waals surface area contributed by atoms with E-state index in [1.165, 1.54) is 0 Å². The van der Waals surface area contributed by atoms with Crippen LogP contribution >= 0.6 is 27.5 Å². The van der Waals surface area contributed by atoms with E-state index in [2.05, 4.69) is 26.8 Å². The largest absolute Gasteiger partial charge is 0.492 e. The third kappa shape index (κ3) is 7.01. The molecule has 31 heavy (non-hydrogen) atoms. The van der Waals surface area contributed by atoms with Crippen molar-refractivity contribution in [3.05, 3.63) is 93.4 Å². The zero-order chi connectivity index (χ0) is 22.1. The predicted octanol–water partition coefficient (Wildman–Crippen LogP) is 4.56. The number of halogens is 2. The van der Waals surface area contributed by atoms with Crippen molar-refractivity contribution < 1.29 is 19.1 Å². The number of hydrogen-bond acceptors (Lipinski definition) is 4. The molecule has 0 fully saturated rings. The van der Waals surface area contributed by atoms with Crippen molar-refractivity contribution in [2.45, 2.75) is 6.42 Å². The van der Waals surface area contributed by atoms with Crippen LogP contribution in [0.4, 0.5) is 0 Å². The minimum Gasteiger partial charge on any atom is -0.492 e. The maximum atomic E-state index is 12.5. The number of nitrogens with one attached hydrogen (secondary N) is 2. The highest BCUT2D eigenvalue weighted by Gasteiger charge is 2.13. The van der Waals surface area contributed by atoms with E-state index in [1.807, 2.05) is 30.3 Å². The molecule has 0 saturated heterocycles. The Morgan fingerprint density at radius 2 is 1.61 bits per heavy atom. The fourth-order valence-corrected chi connectivity index (χ4v) is 3.47. The average molecular weight is 504 g/mol. The zero-order valence-corrected chi connectivity index (χ0v) is 18.8. The van der Waals surface area contributed by atoms with Gasteiger partial charge in [-0.25, -0.2) is 0 Å². The summed E-state index contributed by atoms with van der Waals surface area (Å²) in [4.78, 5) is 24.5. The number of rotatable bonds is 8. The molecule has 0 aromatic heterocycles. The maximum absolute atomic E-state index is 12.5. The van der Waals surface area contributed by atoms with E-state index < -0.39 is 11.8 Å². The van der Waals surface area contributed by atoms with E-state index in [1.54, 1.807) is 42.5 Å². The summed E-state index contributed by atoms with van der Waals surface area (Å²) in [5, 5.41) is 0.542. The molecule has 3 aromatic carbocycles. The second kappa shape index (κ2) is 11.4. The van der Waals surface area contributed by atoms with Gasteiger partial charge in [-0.2, -0.15) is 0 Å². The number of carbonyl (C=O) groups is 2. The van der Waals surface area contributed by atoms with Crippen LogP contribution in [0.2, 0.25) is 5.02 Å². The SMILES string of the molecule is O=C(COc1ccc(Cl)cc1Br)NNC(=O)c1ccccc1OCCc1ccccc1. The van der Waals surface area contributed by atoms with E-state index in [-0.39, 0.29) is 6.61 Å². The highest BCUT2D eigenvalue weighted by atomic mass is 79.9. The molecule has 0 heterocycles. The highest BCUT2D eigenvalue weighted by Crippen LogP contribution is 2.27. The van der Waals surface area contributed by atoms with Gasteiger partial charge in [0, 0.05) is 11.4 Å². The Morgan fingerprint density at radius 3 is 2.39 bits per heavy atom. The second-order valence-electron chi connectivity index (χ2n) is 6.45. The van der Waals surface area contributed by atoms with E-state index in [9.17, 15) is 9.59 Å². The molecule has 8 heteroatoms. The van der Waals surface area contributed by atoms with Gasteiger partial charge in [0.25, 0.3) is 11.8 Å². The van der Waals surface area contributed by atoms with Crippen LogP contribution in [0.5, 0.6) is 11.5 Å². The number of para-hydroxylation sites is 1. The molecule has 0 saturated carbocycles. The van der Waals surface area contributed by atoms with Crippen molar-refractivity contribution in [3.63, 3.8) is 0 Å². The highest BCUT2D eigenvalue weighted by molar-refractivity contribution is 9.10. The second-order valence-corrected chi connectivity index (χ2v) is 7.74. The molecule has 0 bridgehead atoms. The van der Waals surface area contributed by atoms with Gasteiger partial charge in [0.1, 0.15) is 11.5 Å². The summed E-state index contributed by atoms with van der Waals surface area (Å²) in [6.45, 7) is 0.139. The Bertz CT molecular complexity index is 1050. The molecule has 0 aliphatic rings. The van der Waals surface area contributed by atoms with Crippen LogP contribution in [-0.4, -0.2) is 25.0 Å². The molecule has 0 aliphatic heterocycles. The molecule has 0 atom stereocenters. The number of benzene rings is 3. The minimum absolute atomic E-state index is 0.282. The van der Waals surface area contributed by atoms with E-state index in [4.69, 9.17) is 21.1 Å². The van der Waals surface area contributed by atoms with Crippen molar-refractivity contribution in [2.24, 2.45) is 0 Å². The lowest BCUT2D eigenvalue weighted by molar-refractivity contribution is -0.123. The van der Waals surface area contributed by atoms with Gasteiger partial charge in [-0.05, 0) is 51.8 Å². The zero-order valence-electron chi connectivity index (χ0n) is 16.4. The van der Waals surface area contributed by atoms with Crippen molar-refractivity contribution in [2.75, 3.05) is 13.2 Å². The third-order valence-corrected chi connectivity index (χ3v) is 5.05. The summed E-state index contributed by atoms with van der Waals surface area (Å²) in [5.74, 6) is -0.108. The van der Waals surface area contributed by atoms with Crippen molar-refractivity contribution >= 4 is 39.3 Å². The number of amides is 2. The predicted molar refractivity (Wildman–Crippen MR) is 122 cm³/mol. The van der Waals surface area contributed by atoms with Gasteiger partial charge in [0.2, 0.25) is 0 Å². The van der Waals surface area contributed by atoms with Crippen LogP contribution in [0.15, 0.2) is 77.3 Å². The van der Waals surface area contributed by atoms with Gasteiger partial charge in [-0.3, -0.25) is 20.4 Å². The molecule has 2 amide bonds. The molecule has 0 spiro atoms. The molecule has 3 aromatic rings. The first-order chi connectivity index (χ1) is 15.0. The van der Waals surface area contributed by atoms with Gasteiger partial charge in [-0.1, -0.05) is 54.1 Å². The molecule has 160 valence electrons. The van der Waals surface area contributed by atoms with Gasteiger partial charge in [-0.15, -0.1) is 0 Å². The number of hydrogen-bond donors (Lipinski definition) is 2. The van der Waals surface area contributed by atoms with Crippen LogP contribution in [0, 0.1) is 0 Å². The lowest BCUT2D eigenvalue weighted by atomic mass is 10.1. The number of ether oxygens (including phenoxy) is 2. The van der Waals surface area contributed by atoms with Gasteiger partial charge in [0.15, 0.2) is 6.61 Å². The van der Waals surface area contributed by atoms with Crippen LogP contribution in [0.25, 0.3) is 0 Å². The molecular formula is C23H20BrClN2O4. The van der Waals surface area contributed by atoms with Crippen molar-refractivity contribution in [1.82, 2.24) is 10.9 Å². The number of hydrazine groups is 1. The fourth-order valence-electron chi connectivity index (χ4n) is 2.67. The quantitative estimate of drug-likeness (QED) is 0.442. The fraction of sp³-hybridized carbons (Fsp3) is 0.130. The molecule has 0 radical (unpaired) electrons. The van der Waals surface area contributed by atoms with Crippen LogP contribution in [-0.2, 0) is 11.2 Å². The molecule has 0 aliphatic carbocycles. The maximum Gasteiger partial charge on any atom is 0.276 e. The smallest absolute Gasteiger partial charge is 0.276 e. The molecule has 6 nitrogen and oxygen atoms in total. The summed E-state index contributed by atoms with van der Waals surface area (Å²) in [7, 11) is 0. The monoisotopic (exact) mass is 502 g/mol. The Labute approximate surface area is 193 Å². The third-order valence-electron chi connectivity index (χ3n) is 4.19. The van der Waals surface area contributed by atoms with Gasteiger partial charge in [0.05, 0.1) is 16.6 Å². The number of carbonyl (C=O) groups excluding carboxylic acids is 2. The first-order valence-electron chi connectivity index (χ1n) is 9.45. The summed E-state index contributed by atoms with van der Waals surface area (Å²) < 4.78 is 11.8. The topological polar surface area (TPSA) is 76.7 Å². The van der Waals surface area contributed by atoms with Gasteiger partial charge < -0.3 is 9.47 Å². The van der Waals surface area contributed by atoms with Crippen LogP contribution in [0.3, 0.4) is 0 Å². The van der Waals surface area contributed by atoms with E-state index >= 15 is 0 Å². The Morgan fingerprint density at radius 1 is 0.871 bits per heavy atom.